The minimum Gasteiger partial charge on any atom is -0.396 e. The Morgan fingerprint density at radius 1 is 1.32 bits per heavy atom. The third kappa shape index (κ3) is 3.35. The number of rotatable bonds is 7. The molecule has 1 aliphatic rings. The summed E-state index contributed by atoms with van der Waals surface area (Å²) in [6, 6.07) is 0. The van der Waals surface area contributed by atoms with Gasteiger partial charge < -0.3 is 5.11 Å². The van der Waals surface area contributed by atoms with Crippen LogP contribution in [0.1, 0.15) is 53.4 Å². The van der Waals surface area contributed by atoms with Crippen molar-refractivity contribution in [1.29, 1.82) is 0 Å². The lowest BCUT2D eigenvalue weighted by Gasteiger charge is -2.27. The summed E-state index contributed by atoms with van der Waals surface area (Å²) >= 11 is 0. The number of nitrogens with zero attached hydrogens (tertiary/aromatic N) is 1. The van der Waals surface area contributed by atoms with Crippen LogP contribution in [0.3, 0.4) is 0 Å². The molecule has 1 aliphatic heterocycles. The molecule has 2 unspecified atom stereocenters. The summed E-state index contributed by atoms with van der Waals surface area (Å²) in [5.74, 6) is 0.292. The Morgan fingerprint density at radius 3 is 2.37 bits per heavy atom. The molecule has 110 valence electrons. The van der Waals surface area contributed by atoms with Crippen LogP contribution in [0.2, 0.25) is 0 Å². The molecule has 0 aromatic carbocycles. The molecule has 0 radical (unpaired) electrons. The lowest BCUT2D eigenvalue weighted by Crippen LogP contribution is -2.39. The number of carbonyl (C=O) groups excluding carboxylic acids is 2. The lowest BCUT2D eigenvalue weighted by atomic mass is 9.78. The molecule has 0 spiro atoms. The van der Waals surface area contributed by atoms with Crippen molar-refractivity contribution in [3.8, 4) is 0 Å². The Balaban J connectivity index is 2.78. The van der Waals surface area contributed by atoms with Gasteiger partial charge in [0.25, 0.3) is 0 Å². The molecule has 1 heterocycles. The van der Waals surface area contributed by atoms with Gasteiger partial charge in [-0.05, 0) is 31.6 Å². The van der Waals surface area contributed by atoms with E-state index in [1.54, 1.807) is 0 Å². The first kappa shape index (κ1) is 16.2. The summed E-state index contributed by atoms with van der Waals surface area (Å²) in [6.45, 7) is 8.53. The Labute approximate surface area is 116 Å². The van der Waals surface area contributed by atoms with Crippen LogP contribution in [-0.2, 0) is 9.59 Å². The van der Waals surface area contributed by atoms with Crippen molar-refractivity contribution in [3.63, 3.8) is 0 Å². The second-order valence-corrected chi connectivity index (χ2v) is 6.23. The van der Waals surface area contributed by atoms with E-state index in [0.717, 1.165) is 12.8 Å². The van der Waals surface area contributed by atoms with E-state index < -0.39 is 5.41 Å². The standard InChI is InChI=1S/C15H27NO3/c1-5-6-12(7-8-17)10-16-13(18)9-15(4,11(2)3)14(16)19/h11-12,17H,5-10H2,1-4H3. The molecule has 4 nitrogen and oxygen atoms in total. The van der Waals surface area contributed by atoms with Crippen LogP contribution in [0.15, 0.2) is 0 Å². The first-order chi connectivity index (χ1) is 8.86. The SMILES string of the molecule is CCCC(CCO)CN1C(=O)CC(C)(C(C)C)C1=O. The molecule has 0 saturated carbocycles. The molecular weight excluding hydrogens is 242 g/mol. The van der Waals surface area contributed by atoms with E-state index >= 15 is 0 Å². The van der Waals surface area contributed by atoms with Crippen molar-refractivity contribution < 1.29 is 14.7 Å². The average molecular weight is 269 g/mol. The van der Waals surface area contributed by atoms with Crippen LogP contribution in [0.25, 0.3) is 0 Å². The number of aliphatic hydroxyl groups is 1. The summed E-state index contributed by atoms with van der Waals surface area (Å²) in [5, 5.41) is 9.07. The van der Waals surface area contributed by atoms with Gasteiger partial charge in [-0.15, -0.1) is 0 Å². The number of hydrogen-bond acceptors (Lipinski definition) is 3. The third-order valence-corrected chi connectivity index (χ3v) is 4.50. The van der Waals surface area contributed by atoms with E-state index in [9.17, 15) is 9.59 Å². The summed E-state index contributed by atoms with van der Waals surface area (Å²) in [6.07, 6.45) is 2.92. The summed E-state index contributed by atoms with van der Waals surface area (Å²) in [7, 11) is 0. The highest BCUT2D eigenvalue weighted by molar-refractivity contribution is 6.05. The maximum Gasteiger partial charge on any atom is 0.235 e. The summed E-state index contributed by atoms with van der Waals surface area (Å²) in [4.78, 5) is 26.0. The minimum atomic E-state index is -0.549. The number of carbonyl (C=O) groups is 2. The third-order valence-electron chi connectivity index (χ3n) is 4.50. The monoisotopic (exact) mass is 269 g/mol. The van der Waals surface area contributed by atoms with E-state index in [1.165, 1.54) is 4.90 Å². The van der Waals surface area contributed by atoms with Crippen LogP contribution >= 0.6 is 0 Å². The van der Waals surface area contributed by atoms with Gasteiger partial charge in [-0.1, -0.05) is 27.2 Å². The van der Waals surface area contributed by atoms with E-state index in [4.69, 9.17) is 5.11 Å². The van der Waals surface area contributed by atoms with Crippen LogP contribution < -0.4 is 0 Å². The second kappa shape index (κ2) is 6.51. The Hall–Kier alpha value is -0.900. The van der Waals surface area contributed by atoms with Crippen molar-refractivity contribution in [2.24, 2.45) is 17.3 Å². The van der Waals surface area contributed by atoms with E-state index in [2.05, 4.69) is 6.92 Å². The summed E-state index contributed by atoms with van der Waals surface area (Å²) in [5.41, 5.74) is -0.549. The Morgan fingerprint density at radius 2 is 1.95 bits per heavy atom. The maximum absolute atomic E-state index is 12.5. The predicted octanol–water partition coefficient (Wildman–Crippen LogP) is 2.21. The maximum atomic E-state index is 12.5. The Kier molecular flexibility index (Phi) is 5.53. The fraction of sp³-hybridized carbons (Fsp3) is 0.867. The van der Waals surface area contributed by atoms with Gasteiger partial charge in [0.15, 0.2) is 0 Å². The van der Waals surface area contributed by atoms with Crippen molar-refractivity contribution in [3.05, 3.63) is 0 Å². The van der Waals surface area contributed by atoms with Crippen LogP contribution in [0.5, 0.6) is 0 Å². The zero-order chi connectivity index (χ0) is 14.6. The van der Waals surface area contributed by atoms with E-state index in [1.807, 2.05) is 20.8 Å². The van der Waals surface area contributed by atoms with Crippen molar-refractivity contribution in [2.75, 3.05) is 13.2 Å². The van der Waals surface area contributed by atoms with Gasteiger partial charge in [0, 0.05) is 19.6 Å². The molecule has 19 heavy (non-hydrogen) atoms. The highest BCUT2D eigenvalue weighted by atomic mass is 16.3. The molecule has 0 aromatic rings. The van der Waals surface area contributed by atoms with Gasteiger partial charge in [-0.3, -0.25) is 14.5 Å². The smallest absolute Gasteiger partial charge is 0.235 e. The summed E-state index contributed by atoms with van der Waals surface area (Å²) < 4.78 is 0. The molecule has 0 aliphatic carbocycles. The highest BCUT2D eigenvalue weighted by Gasteiger charge is 2.50. The van der Waals surface area contributed by atoms with Gasteiger partial charge in [-0.2, -0.15) is 0 Å². The molecule has 1 N–H and O–H groups in total. The van der Waals surface area contributed by atoms with Crippen molar-refractivity contribution >= 4 is 11.8 Å². The van der Waals surface area contributed by atoms with Crippen LogP contribution in [0.4, 0.5) is 0 Å². The molecule has 1 rings (SSSR count). The number of hydrogen-bond donors (Lipinski definition) is 1. The minimum absolute atomic E-state index is 0.0356. The van der Waals surface area contributed by atoms with E-state index in [0.29, 0.717) is 19.4 Å². The van der Waals surface area contributed by atoms with E-state index in [-0.39, 0.29) is 30.3 Å². The zero-order valence-corrected chi connectivity index (χ0v) is 12.6. The molecule has 4 heteroatoms. The van der Waals surface area contributed by atoms with Gasteiger partial charge in [0.2, 0.25) is 11.8 Å². The first-order valence-electron chi connectivity index (χ1n) is 7.32. The van der Waals surface area contributed by atoms with Crippen LogP contribution in [-0.4, -0.2) is 35.0 Å². The van der Waals surface area contributed by atoms with Gasteiger partial charge in [0.1, 0.15) is 0 Å². The number of likely N-dealkylation sites (tertiary alicyclic amines) is 1. The zero-order valence-electron chi connectivity index (χ0n) is 12.6. The molecule has 0 aromatic heterocycles. The fourth-order valence-electron chi connectivity index (χ4n) is 2.72. The largest absolute Gasteiger partial charge is 0.396 e. The predicted molar refractivity (Wildman–Crippen MR) is 74.4 cm³/mol. The number of amides is 2. The van der Waals surface area contributed by atoms with Gasteiger partial charge >= 0.3 is 0 Å². The van der Waals surface area contributed by atoms with Crippen molar-refractivity contribution in [1.82, 2.24) is 4.90 Å². The normalized spacial score (nSPS) is 25.5. The molecule has 1 saturated heterocycles. The average Bonchev–Trinajstić information content (AvgIpc) is 2.55. The second-order valence-electron chi connectivity index (χ2n) is 6.23. The quantitative estimate of drug-likeness (QED) is 0.721. The lowest BCUT2D eigenvalue weighted by molar-refractivity contribution is -0.142. The number of imide groups is 1. The molecule has 1 fully saturated rings. The number of aliphatic hydroxyl groups excluding tert-OH is 1. The molecule has 2 atom stereocenters. The topological polar surface area (TPSA) is 57.6 Å². The first-order valence-corrected chi connectivity index (χ1v) is 7.32. The Bertz CT molecular complexity index is 334. The fourth-order valence-corrected chi connectivity index (χ4v) is 2.72. The highest BCUT2D eigenvalue weighted by Crippen LogP contribution is 2.39. The molecule has 0 bridgehead atoms. The molecule has 2 amide bonds. The van der Waals surface area contributed by atoms with Crippen molar-refractivity contribution in [2.45, 2.75) is 53.4 Å². The van der Waals surface area contributed by atoms with Gasteiger partial charge in [-0.25, -0.2) is 0 Å². The van der Waals surface area contributed by atoms with Gasteiger partial charge in [0.05, 0.1) is 5.41 Å². The van der Waals surface area contributed by atoms with Crippen LogP contribution in [0, 0.1) is 17.3 Å². The molecular formula is C15H27NO3.